The van der Waals surface area contributed by atoms with Crippen LogP contribution in [0.2, 0.25) is 0 Å². The summed E-state index contributed by atoms with van der Waals surface area (Å²) >= 11 is 0. The van der Waals surface area contributed by atoms with Gasteiger partial charge in [0, 0.05) is 42.0 Å². The lowest BCUT2D eigenvalue weighted by molar-refractivity contribution is -0.117. The first kappa shape index (κ1) is 13.9. The topological polar surface area (TPSA) is 67.3 Å². The molecular formula is C14H13FN2O3S. The molecule has 1 atom stereocenters. The number of nitrogens with zero attached hydrogens (tertiary/aromatic N) is 2. The lowest BCUT2D eigenvalue weighted by atomic mass is 10.1. The van der Waals surface area contributed by atoms with Crippen LogP contribution in [0.1, 0.15) is 6.42 Å². The summed E-state index contributed by atoms with van der Waals surface area (Å²) in [5.74, 6) is -1.31. The van der Waals surface area contributed by atoms with E-state index in [1.54, 1.807) is 24.5 Å². The van der Waals surface area contributed by atoms with Crippen molar-refractivity contribution in [2.24, 2.45) is 5.92 Å². The first-order valence-corrected chi connectivity index (χ1v) is 8.05. The van der Waals surface area contributed by atoms with Crippen molar-refractivity contribution in [1.29, 1.82) is 0 Å². The molecule has 3 rings (SSSR count). The number of amides is 1. The number of pyridine rings is 1. The van der Waals surface area contributed by atoms with Crippen molar-refractivity contribution >= 4 is 32.6 Å². The zero-order valence-corrected chi connectivity index (χ0v) is 11.9. The number of carbonyl (C=O) groups is 1. The van der Waals surface area contributed by atoms with Crippen molar-refractivity contribution in [2.45, 2.75) is 6.42 Å². The van der Waals surface area contributed by atoms with Gasteiger partial charge in [0.1, 0.15) is 0 Å². The van der Waals surface area contributed by atoms with Crippen molar-refractivity contribution in [1.82, 2.24) is 4.98 Å². The average molecular weight is 308 g/mol. The molecule has 0 radical (unpaired) electrons. The smallest absolute Gasteiger partial charge is 0.302 e. The third kappa shape index (κ3) is 2.87. The van der Waals surface area contributed by atoms with E-state index in [-0.39, 0.29) is 18.9 Å². The zero-order valence-electron chi connectivity index (χ0n) is 11.1. The van der Waals surface area contributed by atoms with Crippen LogP contribution in [-0.2, 0) is 15.0 Å². The largest absolute Gasteiger partial charge is 0.311 e. The lowest BCUT2D eigenvalue weighted by Gasteiger charge is -2.18. The van der Waals surface area contributed by atoms with Crippen molar-refractivity contribution < 1.29 is 17.1 Å². The Labute approximate surface area is 121 Å². The van der Waals surface area contributed by atoms with Crippen LogP contribution in [0.3, 0.4) is 0 Å². The van der Waals surface area contributed by atoms with Gasteiger partial charge in [-0.2, -0.15) is 8.42 Å². The molecule has 2 heterocycles. The van der Waals surface area contributed by atoms with Gasteiger partial charge in [0.05, 0.1) is 11.4 Å². The minimum absolute atomic E-state index is 0.0463. The molecule has 0 bridgehead atoms. The highest BCUT2D eigenvalue weighted by Crippen LogP contribution is 2.31. The number of carbonyl (C=O) groups excluding carboxylic acids is 1. The van der Waals surface area contributed by atoms with Crippen molar-refractivity contribution in [3.63, 3.8) is 0 Å². The van der Waals surface area contributed by atoms with Gasteiger partial charge in [-0.15, -0.1) is 3.89 Å². The molecule has 5 nitrogen and oxygen atoms in total. The van der Waals surface area contributed by atoms with E-state index in [0.29, 0.717) is 5.69 Å². The predicted octanol–water partition coefficient (Wildman–Crippen LogP) is 1.89. The highest BCUT2D eigenvalue weighted by Gasteiger charge is 2.34. The summed E-state index contributed by atoms with van der Waals surface area (Å²) in [6.45, 7) is 0.212. The minimum atomic E-state index is -4.57. The Kier molecular flexibility index (Phi) is 3.36. The van der Waals surface area contributed by atoms with Crippen LogP contribution in [0.4, 0.5) is 9.57 Å². The second-order valence-electron chi connectivity index (χ2n) is 5.15. The van der Waals surface area contributed by atoms with Crippen molar-refractivity contribution in [2.75, 3.05) is 17.2 Å². The predicted molar refractivity (Wildman–Crippen MR) is 77.1 cm³/mol. The molecule has 1 saturated heterocycles. The maximum absolute atomic E-state index is 12.8. The number of benzene rings is 1. The molecule has 110 valence electrons. The lowest BCUT2D eigenvalue weighted by Crippen LogP contribution is -2.25. The summed E-state index contributed by atoms with van der Waals surface area (Å²) in [6.07, 6.45) is 3.38. The number of halogens is 1. The second kappa shape index (κ2) is 5.07. The van der Waals surface area contributed by atoms with Gasteiger partial charge < -0.3 is 4.90 Å². The number of fused-ring (bicyclic) bond motifs is 1. The Morgan fingerprint density at radius 1 is 1.33 bits per heavy atom. The molecule has 0 saturated carbocycles. The minimum Gasteiger partial charge on any atom is -0.311 e. The molecule has 0 spiro atoms. The molecule has 1 unspecified atom stereocenters. The van der Waals surface area contributed by atoms with Crippen LogP contribution >= 0.6 is 0 Å². The van der Waals surface area contributed by atoms with Gasteiger partial charge in [0.2, 0.25) is 5.91 Å². The maximum Gasteiger partial charge on any atom is 0.302 e. The first-order valence-electron chi connectivity index (χ1n) is 6.49. The fourth-order valence-corrected chi connectivity index (χ4v) is 3.53. The number of anilines is 1. The highest BCUT2D eigenvalue weighted by molar-refractivity contribution is 7.86. The molecule has 1 aliphatic rings. The van der Waals surface area contributed by atoms with E-state index in [9.17, 15) is 17.1 Å². The summed E-state index contributed by atoms with van der Waals surface area (Å²) < 4.78 is 34.3. The van der Waals surface area contributed by atoms with Gasteiger partial charge >= 0.3 is 10.2 Å². The van der Waals surface area contributed by atoms with E-state index in [0.717, 1.165) is 10.8 Å². The van der Waals surface area contributed by atoms with E-state index in [4.69, 9.17) is 0 Å². The molecule has 1 amide bonds. The van der Waals surface area contributed by atoms with Crippen LogP contribution in [0.25, 0.3) is 10.8 Å². The molecule has 21 heavy (non-hydrogen) atoms. The number of hydrogen-bond acceptors (Lipinski definition) is 4. The summed E-state index contributed by atoms with van der Waals surface area (Å²) in [6, 6.07) is 7.30. The third-order valence-electron chi connectivity index (χ3n) is 3.59. The standard InChI is InChI=1S/C14H13FN2O3S/c15-21(19,20)9-10-6-14(18)17(8-10)13-3-1-2-11-7-16-5-4-12(11)13/h1-5,7,10H,6,8-9H2. The molecular weight excluding hydrogens is 295 g/mol. The Balaban J connectivity index is 1.95. The third-order valence-corrected chi connectivity index (χ3v) is 4.46. The van der Waals surface area contributed by atoms with E-state index in [1.165, 1.54) is 4.90 Å². The van der Waals surface area contributed by atoms with E-state index in [1.807, 2.05) is 12.1 Å². The van der Waals surface area contributed by atoms with Gasteiger partial charge in [-0.05, 0) is 12.1 Å². The molecule has 2 aromatic rings. The molecule has 7 heteroatoms. The Morgan fingerprint density at radius 3 is 2.90 bits per heavy atom. The molecule has 1 fully saturated rings. The second-order valence-corrected chi connectivity index (χ2v) is 6.56. The van der Waals surface area contributed by atoms with Crippen LogP contribution < -0.4 is 4.90 Å². The van der Waals surface area contributed by atoms with Gasteiger partial charge in [-0.25, -0.2) is 0 Å². The molecule has 0 N–H and O–H groups in total. The van der Waals surface area contributed by atoms with Gasteiger partial charge in [0.25, 0.3) is 0 Å². The normalized spacial score (nSPS) is 19.4. The fraction of sp³-hybridized carbons (Fsp3) is 0.286. The Hall–Kier alpha value is -2.02. The van der Waals surface area contributed by atoms with Gasteiger partial charge in [0.15, 0.2) is 0 Å². The highest BCUT2D eigenvalue weighted by atomic mass is 32.3. The van der Waals surface area contributed by atoms with Crippen LogP contribution in [0.15, 0.2) is 36.7 Å². The van der Waals surface area contributed by atoms with E-state index in [2.05, 4.69) is 4.98 Å². The van der Waals surface area contributed by atoms with Crippen LogP contribution in [0.5, 0.6) is 0 Å². The molecule has 1 aliphatic heterocycles. The summed E-state index contributed by atoms with van der Waals surface area (Å²) in [5, 5.41) is 1.76. The molecule has 1 aromatic carbocycles. The van der Waals surface area contributed by atoms with Crippen LogP contribution in [0, 0.1) is 5.92 Å². The summed E-state index contributed by atoms with van der Waals surface area (Å²) in [7, 11) is -4.57. The Bertz CT molecular complexity index is 801. The number of hydrogen-bond donors (Lipinski definition) is 0. The summed E-state index contributed by atoms with van der Waals surface area (Å²) in [4.78, 5) is 17.7. The quantitative estimate of drug-likeness (QED) is 0.812. The monoisotopic (exact) mass is 308 g/mol. The SMILES string of the molecule is O=C1CC(CS(=O)(=O)F)CN1c1cccc2cnccc12. The van der Waals surface area contributed by atoms with Crippen LogP contribution in [-0.4, -0.2) is 31.6 Å². The fourth-order valence-electron chi connectivity index (χ4n) is 2.75. The summed E-state index contributed by atoms with van der Waals surface area (Å²) in [5.41, 5.74) is 0.707. The molecule has 0 aliphatic carbocycles. The zero-order chi connectivity index (χ0) is 15.0. The average Bonchev–Trinajstić information content (AvgIpc) is 2.76. The van der Waals surface area contributed by atoms with Gasteiger partial charge in [-0.3, -0.25) is 9.78 Å². The van der Waals surface area contributed by atoms with E-state index < -0.39 is 21.9 Å². The Morgan fingerprint density at radius 2 is 2.14 bits per heavy atom. The number of aromatic nitrogens is 1. The van der Waals surface area contributed by atoms with Crippen molar-refractivity contribution in [3.05, 3.63) is 36.7 Å². The maximum atomic E-state index is 12.8. The first-order chi connectivity index (χ1) is 9.94. The van der Waals surface area contributed by atoms with Crippen molar-refractivity contribution in [3.8, 4) is 0 Å². The van der Waals surface area contributed by atoms with E-state index >= 15 is 0 Å². The molecule has 1 aromatic heterocycles. The van der Waals surface area contributed by atoms with Gasteiger partial charge in [-0.1, -0.05) is 12.1 Å². The number of rotatable bonds is 3.